The molecule has 0 saturated carbocycles. The van der Waals surface area contributed by atoms with Crippen LogP contribution >= 0.6 is 7.82 Å². The maximum Gasteiger partial charge on any atom is 0.470 e. The Morgan fingerprint density at radius 3 is 1.80 bits per heavy atom. The molecule has 0 bridgehead atoms. The average molecular weight is 314 g/mol. The molecule has 0 amide bonds. The zero-order valence-electron chi connectivity index (χ0n) is 10.4. The summed E-state index contributed by atoms with van der Waals surface area (Å²) in [5.74, 6) is -8.02. The lowest BCUT2D eigenvalue weighted by molar-refractivity contribution is -0.160. The minimum Gasteiger partial charge on any atom is -0.481 e. The molecule has 11 heteroatoms. The molecule has 0 heterocycles. The van der Waals surface area contributed by atoms with E-state index in [0.717, 1.165) is 0 Å². The molecule has 10 nitrogen and oxygen atoms in total. The maximum atomic E-state index is 11.0. The van der Waals surface area contributed by atoms with Gasteiger partial charge < -0.3 is 25.1 Å². The molecule has 0 aliphatic heterocycles. The predicted molar refractivity (Wildman–Crippen MR) is 61.7 cm³/mol. The third-order valence-electron chi connectivity index (χ3n) is 2.56. The molecule has 5 N–H and O–H groups in total. The van der Waals surface area contributed by atoms with Crippen LogP contribution < -0.4 is 0 Å². The van der Waals surface area contributed by atoms with Crippen LogP contribution in [0.15, 0.2) is 0 Å². The van der Waals surface area contributed by atoms with E-state index in [1.807, 2.05) is 0 Å². The standard InChI is InChI=1S/C9H15O10P/c1-2-4(7(10)11)3-5(8(12)13)6(9(14)15)19-20(16,17)18/h4-6H,2-3H2,1H3,(H,10,11)(H,12,13)(H,14,15)(H2,16,17,18). The third-order valence-corrected chi connectivity index (χ3v) is 3.06. The second-order valence-corrected chi connectivity index (χ2v) is 5.17. The van der Waals surface area contributed by atoms with Gasteiger partial charge in [-0.1, -0.05) is 6.92 Å². The summed E-state index contributed by atoms with van der Waals surface area (Å²) in [4.78, 5) is 49.9. The number of carbonyl (C=O) groups is 3. The van der Waals surface area contributed by atoms with Gasteiger partial charge in [-0.25, -0.2) is 9.36 Å². The van der Waals surface area contributed by atoms with E-state index in [0.29, 0.717) is 0 Å². The van der Waals surface area contributed by atoms with Crippen molar-refractivity contribution in [2.75, 3.05) is 0 Å². The van der Waals surface area contributed by atoms with Crippen molar-refractivity contribution in [2.45, 2.75) is 25.9 Å². The molecule has 3 unspecified atom stereocenters. The summed E-state index contributed by atoms with van der Waals surface area (Å²) in [6, 6.07) is 0. The summed E-state index contributed by atoms with van der Waals surface area (Å²) in [5.41, 5.74) is 0. The van der Waals surface area contributed by atoms with Gasteiger partial charge in [0.15, 0.2) is 6.10 Å². The van der Waals surface area contributed by atoms with Crippen molar-refractivity contribution in [3.8, 4) is 0 Å². The van der Waals surface area contributed by atoms with Crippen LogP contribution in [0.2, 0.25) is 0 Å². The lowest BCUT2D eigenvalue weighted by Gasteiger charge is -2.23. The Hall–Kier alpha value is -1.48. The largest absolute Gasteiger partial charge is 0.481 e. The lowest BCUT2D eigenvalue weighted by atomic mass is 9.89. The normalized spacial score (nSPS) is 16.1. The number of hydrogen-bond donors (Lipinski definition) is 5. The molecule has 0 fully saturated rings. The first-order valence-electron chi connectivity index (χ1n) is 5.42. The molecular formula is C9H15O10P. The van der Waals surface area contributed by atoms with Crippen molar-refractivity contribution in [2.24, 2.45) is 11.8 Å². The highest BCUT2D eigenvalue weighted by molar-refractivity contribution is 7.46. The van der Waals surface area contributed by atoms with Crippen LogP contribution in [0.25, 0.3) is 0 Å². The molecule has 0 radical (unpaired) electrons. The van der Waals surface area contributed by atoms with E-state index in [2.05, 4.69) is 4.52 Å². The Balaban J connectivity index is 5.29. The van der Waals surface area contributed by atoms with Crippen LogP contribution in [0.1, 0.15) is 19.8 Å². The fourth-order valence-corrected chi connectivity index (χ4v) is 2.07. The van der Waals surface area contributed by atoms with Gasteiger partial charge in [-0.3, -0.25) is 14.1 Å². The summed E-state index contributed by atoms with van der Waals surface area (Å²) >= 11 is 0. The number of phosphoric ester groups is 1. The van der Waals surface area contributed by atoms with Gasteiger partial charge in [0.2, 0.25) is 0 Å². The quantitative estimate of drug-likeness (QED) is 0.356. The van der Waals surface area contributed by atoms with Gasteiger partial charge >= 0.3 is 25.7 Å². The van der Waals surface area contributed by atoms with Gasteiger partial charge in [-0.2, -0.15) is 0 Å². The number of carboxylic acids is 3. The summed E-state index contributed by atoms with van der Waals surface area (Å²) in [7, 11) is -5.24. The molecule has 0 spiro atoms. The van der Waals surface area contributed by atoms with Crippen LogP contribution in [0.5, 0.6) is 0 Å². The molecule has 0 aromatic carbocycles. The van der Waals surface area contributed by atoms with Crippen LogP contribution in [-0.2, 0) is 23.5 Å². The summed E-state index contributed by atoms with van der Waals surface area (Å²) in [5, 5.41) is 26.5. The Labute approximate surface area is 113 Å². The fraction of sp³-hybridized carbons (Fsp3) is 0.667. The monoisotopic (exact) mass is 314 g/mol. The second-order valence-electron chi connectivity index (χ2n) is 3.98. The van der Waals surface area contributed by atoms with Crippen molar-refractivity contribution in [1.82, 2.24) is 0 Å². The number of carboxylic acid groups (broad SMARTS) is 3. The topological polar surface area (TPSA) is 179 Å². The highest BCUT2D eigenvalue weighted by Gasteiger charge is 2.41. The van der Waals surface area contributed by atoms with E-state index < -0.39 is 50.1 Å². The second kappa shape index (κ2) is 7.34. The van der Waals surface area contributed by atoms with Gasteiger partial charge in [0.25, 0.3) is 0 Å². The van der Waals surface area contributed by atoms with Crippen molar-refractivity contribution < 1.29 is 48.6 Å². The zero-order valence-corrected chi connectivity index (χ0v) is 11.3. The van der Waals surface area contributed by atoms with Crippen molar-refractivity contribution >= 4 is 25.7 Å². The molecule has 0 aromatic rings. The summed E-state index contributed by atoms with van der Waals surface area (Å²) in [6.07, 6.45) is -2.94. The Morgan fingerprint density at radius 1 is 1.05 bits per heavy atom. The van der Waals surface area contributed by atoms with Gasteiger partial charge in [-0.15, -0.1) is 0 Å². The minimum absolute atomic E-state index is 0.0291. The van der Waals surface area contributed by atoms with Crippen molar-refractivity contribution in [3.63, 3.8) is 0 Å². The van der Waals surface area contributed by atoms with Crippen molar-refractivity contribution in [3.05, 3.63) is 0 Å². The minimum atomic E-state index is -5.24. The van der Waals surface area contributed by atoms with Gasteiger partial charge in [0.05, 0.1) is 11.8 Å². The Bertz CT molecular complexity index is 426. The SMILES string of the molecule is CCC(CC(C(=O)O)C(OP(=O)(O)O)C(=O)O)C(=O)O. The van der Waals surface area contributed by atoms with E-state index >= 15 is 0 Å². The molecule has 20 heavy (non-hydrogen) atoms. The first-order valence-corrected chi connectivity index (χ1v) is 6.95. The highest BCUT2D eigenvalue weighted by Crippen LogP contribution is 2.40. The molecule has 0 aliphatic rings. The number of rotatable bonds is 9. The van der Waals surface area contributed by atoms with Crippen LogP contribution in [0.3, 0.4) is 0 Å². The summed E-state index contributed by atoms with van der Waals surface area (Å²) in [6.45, 7) is 1.46. The highest BCUT2D eigenvalue weighted by atomic mass is 31.2. The lowest BCUT2D eigenvalue weighted by Crippen LogP contribution is -2.38. The van der Waals surface area contributed by atoms with Crippen LogP contribution in [0.4, 0.5) is 0 Å². The first-order chi connectivity index (χ1) is 8.99. The van der Waals surface area contributed by atoms with E-state index in [4.69, 9.17) is 25.1 Å². The Kier molecular flexibility index (Phi) is 6.80. The van der Waals surface area contributed by atoms with Crippen molar-refractivity contribution in [1.29, 1.82) is 0 Å². The maximum absolute atomic E-state index is 11.0. The van der Waals surface area contributed by atoms with Crippen LogP contribution in [0, 0.1) is 11.8 Å². The molecular weight excluding hydrogens is 299 g/mol. The van der Waals surface area contributed by atoms with E-state index in [-0.39, 0.29) is 6.42 Å². The van der Waals surface area contributed by atoms with E-state index in [9.17, 15) is 18.9 Å². The van der Waals surface area contributed by atoms with E-state index in [1.54, 1.807) is 0 Å². The molecule has 3 atom stereocenters. The molecule has 0 rings (SSSR count). The molecule has 0 aliphatic carbocycles. The smallest absolute Gasteiger partial charge is 0.470 e. The molecule has 0 saturated heterocycles. The number of phosphoric acid groups is 1. The number of aliphatic carboxylic acids is 3. The number of hydrogen-bond acceptors (Lipinski definition) is 5. The van der Waals surface area contributed by atoms with Gasteiger partial charge in [0.1, 0.15) is 0 Å². The zero-order chi connectivity index (χ0) is 16.1. The van der Waals surface area contributed by atoms with Gasteiger partial charge in [0, 0.05) is 0 Å². The van der Waals surface area contributed by atoms with Crippen LogP contribution in [-0.4, -0.2) is 49.1 Å². The average Bonchev–Trinajstić information content (AvgIpc) is 2.25. The summed E-state index contributed by atoms with van der Waals surface area (Å²) < 4.78 is 14.6. The predicted octanol–water partition coefficient (Wildman–Crippen LogP) is -0.249. The molecule has 0 aromatic heterocycles. The fourth-order valence-electron chi connectivity index (χ4n) is 1.54. The van der Waals surface area contributed by atoms with Gasteiger partial charge in [-0.05, 0) is 12.8 Å². The third kappa shape index (κ3) is 6.11. The van der Waals surface area contributed by atoms with E-state index in [1.165, 1.54) is 6.92 Å². The first kappa shape index (κ1) is 18.5. The molecule has 116 valence electrons. The Morgan fingerprint density at radius 2 is 1.55 bits per heavy atom.